The lowest BCUT2D eigenvalue weighted by atomic mass is 9.86. The highest BCUT2D eigenvalue weighted by atomic mass is 16.6. The van der Waals surface area contributed by atoms with Crippen molar-refractivity contribution in [3.8, 4) is 11.5 Å². The van der Waals surface area contributed by atoms with E-state index in [2.05, 4.69) is 0 Å². The molecule has 0 fully saturated rings. The molecule has 1 aromatic heterocycles. The van der Waals surface area contributed by atoms with Gasteiger partial charge in [-0.1, -0.05) is 24.3 Å². The number of methoxy groups -OCH3 is 1. The Balaban J connectivity index is 1.91. The molecule has 0 N–H and O–H groups in total. The summed E-state index contributed by atoms with van der Waals surface area (Å²) in [4.78, 5) is 42.5. The second-order valence-corrected chi connectivity index (χ2v) is 10.9. The second-order valence-electron chi connectivity index (χ2n) is 10.9. The first-order valence-corrected chi connectivity index (χ1v) is 12.9. The van der Waals surface area contributed by atoms with Gasteiger partial charge in [-0.3, -0.25) is 4.79 Å². The van der Waals surface area contributed by atoms with E-state index in [1.165, 1.54) is 16.9 Å². The van der Waals surface area contributed by atoms with Crippen molar-refractivity contribution >= 4 is 44.8 Å². The Morgan fingerprint density at radius 3 is 2.15 bits per heavy atom. The van der Waals surface area contributed by atoms with Crippen molar-refractivity contribution in [2.75, 3.05) is 35.3 Å². The molecule has 0 saturated heterocycles. The van der Waals surface area contributed by atoms with Crippen molar-refractivity contribution < 1.29 is 28.5 Å². The number of ether oxygens (including phenoxy) is 4. The molecule has 1 aliphatic heterocycles. The van der Waals surface area contributed by atoms with Crippen LogP contribution >= 0.6 is 0 Å². The number of hydrogen-bond donors (Lipinski definition) is 0. The molecule has 0 radical (unpaired) electrons. The average molecular weight is 548 g/mol. The van der Waals surface area contributed by atoms with E-state index in [4.69, 9.17) is 18.9 Å². The second kappa shape index (κ2) is 9.62. The van der Waals surface area contributed by atoms with Gasteiger partial charge < -0.3 is 33.3 Å². The molecular weight excluding hydrogens is 514 g/mol. The Hall–Kier alpha value is -4.47. The van der Waals surface area contributed by atoms with Crippen LogP contribution in [0.5, 0.6) is 11.5 Å². The van der Waals surface area contributed by atoms with Gasteiger partial charge in [0.15, 0.2) is 12.2 Å². The van der Waals surface area contributed by atoms with E-state index in [9.17, 15) is 14.4 Å². The monoisotopic (exact) mass is 547 g/mol. The number of fused-ring (bicyclic) bond motifs is 5. The van der Waals surface area contributed by atoms with Crippen LogP contribution in [0.4, 0.5) is 9.59 Å². The van der Waals surface area contributed by atoms with Gasteiger partial charge in [0.2, 0.25) is 5.43 Å². The third kappa shape index (κ3) is 4.24. The zero-order valence-corrected chi connectivity index (χ0v) is 23.9. The lowest BCUT2D eigenvalue weighted by Gasteiger charge is -2.44. The van der Waals surface area contributed by atoms with Gasteiger partial charge in [-0.15, -0.1) is 0 Å². The minimum absolute atomic E-state index is 0.238. The molecule has 0 bridgehead atoms. The Bertz CT molecular complexity index is 1740. The van der Waals surface area contributed by atoms with E-state index < -0.39 is 30.0 Å². The van der Waals surface area contributed by atoms with Crippen molar-refractivity contribution in [3.05, 3.63) is 58.3 Å². The van der Waals surface area contributed by atoms with Gasteiger partial charge in [0.25, 0.3) is 0 Å². The smallest absolute Gasteiger partial charge is 0.409 e. The van der Waals surface area contributed by atoms with E-state index in [0.717, 1.165) is 10.8 Å². The molecule has 0 saturated carbocycles. The summed E-state index contributed by atoms with van der Waals surface area (Å²) in [6.07, 6.45) is -3.41. The van der Waals surface area contributed by atoms with Gasteiger partial charge in [-0.25, -0.2) is 9.59 Å². The van der Waals surface area contributed by atoms with Crippen LogP contribution in [0.3, 0.4) is 0 Å². The fraction of sp³-hybridized carbons (Fsp3) is 0.367. The molecule has 1 aliphatic rings. The van der Waals surface area contributed by atoms with E-state index in [-0.39, 0.29) is 5.43 Å². The molecule has 10 heteroatoms. The van der Waals surface area contributed by atoms with Gasteiger partial charge in [-0.05, 0) is 36.8 Å². The average Bonchev–Trinajstić information content (AvgIpc) is 2.91. The van der Waals surface area contributed by atoms with Gasteiger partial charge in [0, 0.05) is 46.7 Å². The summed E-state index contributed by atoms with van der Waals surface area (Å²) in [5.41, 5.74) is 0.200. The molecule has 4 aromatic rings. The largest absolute Gasteiger partial charge is 0.496 e. The van der Waals surface area contributed by atoms with Crippen molar-refractivity contribution in [2.45, 2.75) is 31.7 Å². The lowest BCUT2D eigenvalue weighted by molar-refractivity contribution is -0.122. The maximum Gasteiger partial charge on any atom is 0.409 e. The molecule has 10 nitrogen and oxygen atoms in total. The lowest BCUT2D eigenvalue weighted by Crippen LogP contribution is -2.53. The Morgan fingerprint density at radius 1 is 0.950 bits per heavy atom. The molecule has 5 rings (SSSR count). The molecular formula is C30H33N3O7. The van der Waals surface area contributed by atoms with Crippen LogP contribution in [0.2, 0.25) is 0 Å². The topological polar surface area (TPSA) is 99.5 Å². The van der Waals surface area contributed by atoms with Crippen LogP contribution in [0.15, 0.2) is 47.3 Å². The summed E-state index contributed by atoms with van der Waals surface area (Å²) in [5.74, 6) is 0.680. The maximum absolute atomic E-state index is 14.1. The number of aromatic nitrogens is 1. The van der Waals surface area contributed by atoms with Gasteiger partial charge in [-0.2, -0.15) is 0 Å². The summed E-state index contributed by atoms with van der Waals surface area (Å²) in [5, 5.41) is 2.72. The number of benzene rings is 3. The first kappa shape index (κ1) is 27.1. The Morgan fingerprint density at radius 2 is 1.55 bits per heavy atom. The molecule has 2 atom stereocenters. The molecule has 0 aliphatic carbocycles. The highest BCUT2D eigenvalue weighted by molar-refractivity contribution is 6.04. The van der Waals surface area contributed by atoms with Crippen LogP contribution in [-0.4, -0.2) is 73.6 Å². The fourth-order valence-electron chi connectivity index (χ4n) is 5.28. The highest BCUT2D eigenvalue weighted by Gasteiger charge is 2.51. The van der Waals surface area contributed by atoms with E-state index in [1.54, 1.807) is 48.1 Å². The normalized spacial score (nSPS) is 17.7. The summed E-state index contributed by atoms with van der Waals surface area (Å²) >= 11 is 0. The third-order valence-electron chi connectivity index (χ3n) is 7.32. The first-order valence-electron chi connectivity index (χ1n) is 12.9. The zero-order chi connectivity index (χ0) is 29.1. The van der Waals surface area contributed by atoms with Crippen LogP contribution in [0.25, 0.3) is 32.6 Å². The quantitative estimate of drug-likeness (QED) is 0.339. The SMILES string of the molecule is COc1cc2c(c3c1c(=O)c1cc4ccccc4cc1n3C)[C@H](OC(=O)N(C)C)C(OC(=O)N(C)C)C(C)(C)O2. The molecule has 3 aromatic carbocycles. The van der Waals surface area contributed by atoms with Crippen LogP contribution in [-0.2, 0) is 16.5 Å². The molecule has 2 amide bonds. The molecule has 210 valence electrons. The number of amides is 2. The summed E-state index contributed by atoms with van der Waals surface area (Å²) in [7, 11) is 9.58. The minimum atomic E-state index is -1.11. The summed E-state index contributed by atoms with van der Waals surface area (Å²) < 4.78 is 25.9. The highest BCUT2D eigenvalue weighted by Crippen LogP contribution is 2.49. The molecule has 1 unspecified atom stereocenters. The number of pyridine rings is 1. The minimum Gasteiger partial charge on any atom is -0.496 e. The standard InChI is InChI=1S/C30H33N3O7/c1-30(2)27(39-29(36)32(5)6)26(38-28(35)31(3)4)23-21(40-30)15-20(37-8)22-24(23)33(7)19-14-17-12-10-9-11-16(17)13-18(19)25(22)34/h9-15,26-27H,1-8H3/t26-,27?/m0/s1. The van der Waals surface area contributed by atoms with Crippen molar-refractivity contribution in [1.29, 1.82) is 0 Å². The van der Waals surface area contributed by atoms with Crippen LogP contribution in [0.1, 0.15) is 25.5 Å². The Kier molecular flexibility index (Phi) is 6.52. The van der Waals surface area contributed by atoms with E-state index in [1.807, 2.05) is 48.0 Å². The number of nitrogens with zero attached hydrogens (tertiary/aromatic N) is 3. The fourth-order valence-corrected chi connectivity index (χ4v) is 5.28. The predicted octanol–water partition coefficient (Wildman–Crippen LogP) is 4.83. The number of hydrogen-bond acceptors (Lipinski definition) is 7. The summed E-state index contributed by atoms with van der Waals surface area (Å²) in [6.45, 7) is 3.50. The Labute approximate surface area is 231 Å². The van der Waals surface area contributed by atoms with E-state index >= 15 is 0 Å². The van der Waals surface area contributed by atoms with Gasteiger partial charge in [0.05, 0.1) is 29.1 Å². The first-order chi connectivity index (χ1) is 18.9. The van der Waals surface area contributed by atoms with Crippen molar-refractivity contribution in [2.24, 2.45) is 7.05 Å². The molecule has 2 heterocycles. The summed E-state index contributed by atoms with van der Waals surface area (Å²) in [6, 6.07) is 13.3. The predicted molar refractivity (Wildman–Crippen MR) is 152 cm³/mol. The number of rotatable bonds is 3. The number of aryl methyl sites for hydroxylation is 1. The van der Waals surface area contributed by atoms with Crippen molar-refractivity contribution in [1.82, 2.24) is 14.4 Å². The van der Waals surface area contributed by atoms with Gasteiger partial charge in [0.1, 0.15) is 17.1 Å². The van der Waals surface area contributed by atoms with Crippen LogP contribution in [0, 0.1) is 0 Å². The van der Waals surface area contributed by atoms with Crippen LogP contribution < -0.4 is 14.9 Å². The molecule has 40 heavy (non-hydrogen) atoms. The van der Waals surface area contributed by atoms with Gasteiger partial charge >= 0.3 is 12.2 Å². The van der Waals surface area contributed by atoms with Crippen molar-refractivity contribution in [3.63, 3.8) is 0 Å². The third-order valence-corrected chi connectivity index (χ3v) is 7.32. The maximum atomic E-state index is 14.1. The number of carbonyl (C=O) groups excluding carboxylic acids is 2. The zero-order valence-electron chi connectivity index (χ0n) is 23.9. The molecule has 0 spiro atoms. The van der Waals surface area contributed by atoms with E-state index in [0.29, 0.717) is 38.9 Å². The number of carbonyl (C=O) groups is 2.